The van der Waals surface area contributed by atoms with E-state index in [-0.39, 0.29) is 5.56 Å². The lowest BCUT2D eigenvalue weighted by molar-refractivity contribution is -0.275. The molecule has 9 heteroatoms. The number of aryl methyl sites for hydroxylation is 1. The molecule has 0 unspecified atom stereocenters. The van der Waals surface area contributed by atoms with Crippen LogP contribution in [0.1, 0.15) is 11.1 Å². The number of rotatable bonds is 2. The Morgan fingerprint density at radius 1 is 1.39 bits per heavy atom. The molecule has 4 nitrogen and oxygen atoms in total. The molecule has 0 atom stereocenters. The van der Waals surface area contributed by atoms with E-state index >= 15 is 0 Å². The van der Waals surface area contributed by atoms with Crippen molar-refractivity contribution in [3.63, 3.8) is 0 Å². The molecule has 0 bridgehead atoms. The highest BCUT2D eigenvalue weighted by Crippen LogP contribution is 2.34. The second-order valence-corrected chi connectivity index (χ2v) is 5.72. The summed E-state index contributed by atoms with van der Waals surface area (Å²) in [5.41, 5.74) is -0.810. The van der Waals surface area contributed by atoms with Gasteiger partial charge in [0.2, 0.25) is 0 Å². The van der Waals surface area contributed by atoms with Crippen molar-refractivity contribution in [1.82, 2.24) is 0 Å². The normalized spacial score (nSPS) is 12.0. The van der Waals surface area contributed by atoms with Gasteiger partial charge in [0.05, 0.1) is 0 Å². The van der Waals surface area contributed by atoms with Crippen LogP contribution >= 0.6 is 10.7 Å². The van der Waals surface area contributed by atoms with Crippen molar-refractivity contribution in [2.24, 2.45) is 0 Å². The van der Waals surface area contributed by atoms with Crippen molar-refractivity contribution in [2.45, 2.75) is 18.2 Å². The summed E-state index contributed by atoms with van der Waals surface area (Å²) in [4.78, 5) is -0.725. The van der Waals surface area contributed by atoms with Crippen LogP contribution < -0.4 is 4.74 Å². The number of halogens is 4. The lowest BCUT2D eigenvalue weighted by Gasteiger charge is -2.14. The van der Waals surface area contributed by atoms with E-state index in [1.54, 1.807) is 0 Å². The lowest BCUT2D eigenvalue weighted by atomic mass is 10.1. The van der Waals surface area contributed by atoms with E-state index in [1.807, 2.05) is 0 Å². The topological polar surface area (TPSA) is 67.2 Å². The van der Waals surface area contributed by atoms with E-state index in [2.05, 4.69) is 4.74 Å². The number of hydrogen-bond acceptors (Lipinski definition) is 4. The van der Waals surface area contributed by atoms with Gasteiger partial charge in [0.15, 0.2) is 5.75 Å². The number of hydrogen-bond donors (Lipinski definition) is 0. The summed E-state index contributed by atoms with van der Waals surface area (Å²) in [6, 6.07) is 3.36. The highest BCUT2D eigenvalue weighted by atomic mass is 35.7. The molecular formula is C9H5ClF3NO3S. The Balaban J connectivity index is 3.57. The fraction of sp³-hybridized carbons (Fsp3) is 0.222. The smallest absolute Gasteiger partial charge is 0.404 e. The quantitative estimate of drug-likeness (QED) is 0.787. The minimum absolute atomic E-state index is 0.0343. The molecule has 0 aliphatic heterocycles. The Morgan fingerprint density at radius 2 is 1.94 bits per heavy atom. The second-order valence-electron chi connectivity index (χ2n) is 3.18. The van der Waals surface area contributed by atoms with Gasteiger partial charge in [-0.3, -0.25) is 0 Å². The standard InChI is InChI=1S/C9H5ClF3NO3S/c1-5-2-3-7(18(10,15)16)6(4-14)8(5)17-9(11,12)13/h2-3H,1H3. The van der Waals surface area contributed by atoms with Gasteiger partial charge in [-0.05, 0) is 18.6 Å². The first-order chi connectivity index (χ1) is 8.06. The molecule has 0 radical (unpaired) electrons. The molecule has 0 spiro atoms. The molecule has 0 N–H and O–H groups in total. The van der Waals surface area contributed by atoms with Crippen LogP contribution in [0, 0.1) is 18.3 Å². The van der Waals surface area contributed by atoms with Crippen LogP contribution in [0.2, 0.25) is 0 Å². The molecule has 0 heterocycles. The van der Waals surface area contributed by atoms with Gasteiger partial charge in [0, 0.05) is 10.7 Å². The zero-order valence-corrected chi connectivity index (χ0v) is 10.3. The SMILES string of the molecule is Cc1ccc(S(=O)(=O)Cl)c(C#N)c1OC(F)(F)F. The van der Waals surface area contributed by atoms with Crippen LogP contribution in [0.3, 0.4) is 0 Å². The third kappa shape index (κ3) is 3.27. The molecule has 0 saturated heterocycles. The van der Waals surface area contributed by atoms with Crippen LogP contribution in [0.25, 0.3) is 0 Å². The van der Waals surface area contributed by atoms with E-state index in [0.717, 1.165) is 12.1 Å². The number of nitriles is 1. The average molecular weight is 300 g/mol. The monoisotopic (exact) mass is 299 g/mol. The van der Waals surface area contributed by atoms with Crippen LogP contribution in [0.15, 0.2) is 17.0 Å². The molecule has 0 aliphatic rings. The Hall–Kier alpha value is -1.46. The van der Waals surface area contributed by atoms with Gasteiger partial charge >= 0.3 is 6.36 Å². The molecule has 98 valence electrons. The molecular weight excluding hydrogens is 295 g/mol. The molecule has 0 aliphatic carbocycles. The molecule has 0 amide bonds. The molecule has 1 aromatic rings. The zero-order chi connectivity index (χ0) is 14.1. The third-order valence-corrected chi connectivity index (χ3v) is 3.27. The van der Waals surface area contributed by atoms with E-state index in [0.29, 0.717) is 0 Å². The summed E-state index contributed by atoms with van der Waals surface area (Å²) >= 11 is 0. The fourth-order valence-electron chi connectivity index (χ4n) is 1.23. The summed E-state index contributed by atoms with van der Waals surface area (Å²) in [5.74, 6) is -0.869. The average Bonchev–Trinajstić information content (AvgIpc) is 2.17. The molecule has 18 heavy (non-hydrogen) atoms. The van der Waals surface area contributed by atoms with E-state index in [1.165, 1.54) is 13.0 Å². The van der Waals surface area contributed by atoms with Crippen LogP contribution in [0.4, 0.5) is 13.2 Å². The van der Waals surface area contributed by atoms with Gasteiger partial charge < -0.3 is 4.74 Å². The first-order valence-corrected chi connectivity index (χ1v) is 6.61. The van der Waals surface area contributed by atoms with E-state index < -0.39 is 31.6 Å². The van der Waals surface area contributed by atoms with Crippen molar-refractivity contribution in [3.05, 3.63) is 23.3 Å². The maximum absolute atomic E-state index is 12.2. The van der Waals surface area contributed by atoms with Crippen LogP contribution in [0.5, 0.6) is 5.75 Å². The minimum Gasteiger partial charge on any atom is -0.404 e. The molecule has 0 aromatic heterocycles. The first kappa shape index (κ1) is 14.6. The van der Waals surface area contributed by atoms with Crippen molar-refractivity contribution in [1.29, 1.82) is 5.26 Å². The summed E-state index contributed by atoms with van der Waals surface area (Å²) < 4.78 is 62.3. The van der Waals surface area contributed by atoms with Gasteiger partial charge in [-0.2, -0.15) is 5.26 Å². The molecule has 0 fully saturated rings. The van der Waals surface area contributed by atoms with Gasteiger partial charge in [-0.15, -0.1) is 13.2 Å². The number of benzene rings is 1. The van der Waals surface area contributed by atoms with Gasteiger partial charge in [-0.25, -0.2) is 8.42 Å². The van der Waals surface area contributed by atoms with E-state index in [9.17, 15) is 21.6 Å². The number of alkyl halides is 3. The largest absolute Gasteiger partial charge is 0.573 e. The van der Waals surface area contributed by atoms with Crippen molar-refractivity contribution >= 4 is 19.7 Å². The van der Waals surface area contributed by atoms with Gasteiger partial charge in [0.1, 0.15) is 16.5 Å². The lowest BCUT2D eigenvalue weighted by Crippen LogP contribution is -2.19. The van der Waals surface area contributed by atoms with Crippen molar-refractivity contribution in [2.75, 3.05) is 0 Å². The second kappa shape index (κ2) is 4.66. The predicted molar refractivity (Wildman–Crippen MR) is 55.6 cm³/mol. The summed E-state index contributed by atoms with van der Waals surface area (Å²) in [6.07, 6.45) is -5.04. The highest BCUT2D eigenvalue weighted by molar-refractivity contribution is 8.13. The Kier molecular flexibility index (Phi) is 3.78. The maximum atomic E-state index is 12.2. The zero-order valence-electron chi connectivity index (χ0n) is 8.75. The minimum atomic E-state index is -5.04. The summed E-state index contributed by atoms with van der Waals surface area (Å²) in [6.45, 7) is 1.24. The summed E-state index contributed by atoms with van der Waals surface area (Å²) in [5, 5.41) is 8.76. The first-order valence-electron chi connectivity index (χ1n) is 4.30. The van der Waals surface area contributed by atoms with Crippen molar-refractivity contribution in [3.8, 4) is 11.8 Å². The molecule has 0 saturated carbocycles. The third-order valence-electron chi connectivity index (χ3n) is 1.91. The van der Waals surface area contributed by atoms with Crippen LogP contribution in [-0.4, -0.2) is 14.8 Å². The summed E-state index contributed by atoms with van der Waals surface area (Å²) in [7, 11) is 0.684. The molecule has 1 aromatic carbocycles. The molecule has 1 rings (SSSR count). The van der Waals surface area contributed by atoms with E-state index in [4.69, 9.17) is 15.9 Å². The maximum Gasteiger partial charge on any atom is 0.573 e. The highest BCUT2D eigenvalue weighted by Gasteiger charge is 2.34. The number of ether oxygens (including phenoxy) is 1. The number of nitrogens with zero attached hydrogens (tertiary/aromatic N) is 1. The van der Waals surface area contributed by atoms with Crippen LogP contribution in [-0.2, 0) is 9.05 Å². The van der Waals surface area contributed by atoms with Gasteiger partial charge in [-0.1, -0.05) is 6.07 Å². The Morgan fingerprint density at radius 3 is 2.33 bits per heavy atom. The van der Waals surface area contributed by atoms with Crippen molar-refractivity contribution < 1.29 is 26.3 Å². The Bertz CT molecular complexity index is 619. The Labute approximate surface area is 105 Å². The fourth-order valence-corrected chi connectivity index (χ4v) is 2.22. The van der Waals surface area contributed by atoms with Gasteiger partial charge in [0.25, 0.3) is 9.05 Å². The predicted octanol–water partition coefficient (Wildman–Crippen LogP) is 2.69.